The van der Waals surface area contributed by atoms with Gasteiger partial charge in [-0.1, -0.05) is 141 Å². The lowest BCUT2D eigenvalue weighted by molar-refractivity contribution is 0.668. The van der Waals surface area contributed by atoms with E-state index < -0.39 is 0 Å². The maximum atomic E-state index is 6.73. The Hall–Kier alpha value is -6.78. The number of nitrogens with zero attached hydrogens (tertiary/aromatic N) is 3. The Morgan fingerprint density at radius 1 is 0.667 bits per heavy atom. The largest absolute Gasteiger partial charge is 0.451 e. The lowest BCUT2D eigenvalue weighted by Gasteiger charge is -2.11. The van der Waals surface area contributed by atoms with Crippen molar-refractivity contribution in [2.24, 2.45) is 0 Å². The van der Waals surface area contributed by atoms with Gasteiger partial charge in [-0.25, -0.2) is 9.97 Å². The van der Waals surface area contributed by atoms with Gasteiger partial charge in [-0.05, 0) is 60.0 Å². The summed E-state index contributed by atoms with van der Waals surface area (Å²) in [6.45, 7) is 14.4. The molecular formula is C47H35N3O. The highest BCUT2D eigenvalue weighted by Crippen LogP contribution is 2.40. The van der Waals surface area contributed by atoms with Crippen LogP contribution in [0.3, 0.4) is 0 Å². The topological polar surface area (TPSA) is 43.9 Å². The van der Waals surface area contributed by atoms with Crippen molar-refractivity contribution >= 4 is 50.7 Å². The highest BCUT2D eigenvalue weighted by atomic mass is 16.3. The Labute approximate surface area is 297 Å². The van der Waals surface area contributed by atoms with E-state index in [4.69, 9.17) is 14.4 Å². The Balaban J connectivity index is 1.27. The highest BCUT2D eigenvalue weighted by molar-refractivity contribution is 6.11. The summed E-state index contributed by atoms with van der Waals surface area (Å²) in [5, 5.41) is 2.06. The molecule has 0 saturated heterocycles. The van der Waals surface area contributed by atoms with E-state index in [1.54, 1.807) is 6.08 Å². The van der Waals surface area contributed by atoms with Gasteiger partial charge in [0.25, 0.3) is 0 Å². The molecule has 0 saturated carbocycles. The van der Waals surface area contributed by atoms with E-state index in [1.165, 1.54) is 5.56 Å². The molecule has 0 radical (unpaired) electrons. The summed E-state index contributed by atoms with van der Waals surface area (Å²) in [6.07, 6.45) is 11.5. The second-order valence-electron chi connectivity index (χ2n) is 12.3. The van der Waals surface area contributed by atoms with E-state index in [2.05, 4.69) is 109 Å². The Morgan fingerprint density at radius 3 is 2.08 bits per heavy atom. The van der Waals surface area contributed by atoms with E-state index in [9.17, 15) is 0 Å². The van der Waals surface area contributed by atoms with Gasteiger partial charge in [0.1, 0.15) is 16.8 Å². The molecule has 3 aromatic heterocycles. The lowest BCUT2D eigenvalue weighted by atomic mass is 10.0. The fourth-order valence-electron chi connectivity index (χ4n) is 6.88. The number of hydrogen-bond donors (Lipinski definition) is 0. The van der Waals surface area contributed by atoms with Crippen molar-refractivity contribution in [3.63, 3.8) is 0 Å². The van der Waals surface area contributed by atoms with Crippen LogP contribution in [0.1, 0.15) is 24.0 Å². The van der Waals surface area contributed by atoms with Crippen molar-refractivity contribution in [1.29, 1.82) is 0 Å². The number of benzene rings is 5. The number of rotatable bonds is 9. The van der Waals surface area contributed by atoms with Crippen LogP contribution < -0.4 is 0 Å². The maximum Gasteiger partial charge on any atom is 0.180 e. The molecule has 4 heteroatoms. The van der Waals surface area contributed by atoms with Gasteiger partial charge in [0.15, 0.2) is 11.4 Å². The van der Waals surface area contributed by atoms with Crippen molar-refractivity contribution in [3.8, 4) is 39.2 Å². The second kappa shape index (κ2) is 13.3. The zero-order chi connectivity index (χ0) is 34.9. The van der Waals surface area contributed by atoms with Crippen molar-refractivity contribution in [3.05, 3.63) is 182 Å². The standard InChI is InChI=1S/C47H35N3O/c1-5-9-17-31(6-2)47-48-43(34-20-14-11-15-21-34)46-44(49-47)39-23-16-22-38(45(39)51-46)33-24-27-36(28-25-33)50-41(8-4)37(7-3)40-30-35(26-29-42(40)50)32-18-12-10-13-19-32/h5-30H,2-4H2,1H3/b9-5-,31-17+. The van der Waals surface area contributed by atoms with Gasteiger partial charge in [-0.15, -0.1) is 0 Å². The van der Waals surface area contributed by atoms with E-state index in [0.29, 0.717) is 11.4 Å². The average molecular weight is 658 g/mol. The Bertz CT molecular complexity index is 2670. The van der Waals surface area contributed by atoms with Crippen LogP contribution in [-0.4, -0.2) is 14.5 Å². The van der Waals surface area contributed by atoms with Gasteiger partial charge in [0.2, 0.25) is 0 Å². The van der Waals surface area contributed by atoms with Crippen LogP contribution in [0.2, 0.25) is 0 Å². The quantitative estimate of drug-likeness (QED) is 0.145. The number of fused-ring (bicyclic) bond motifs is 4. The third kappa shape index (κ3) is 5.44. The molecule has 3 heterocycles. The summed E-state index contributed by atoms with van der Waals surface area (Å²) >= 11 is 0. The van der Waals surface area contributed by atoms with Gasteiger partial charge in [-0.2, -0.15) is 0 Å². The molecule has 0 aliphatic carbocycles. The minimum Gasteiger partial charge on any atom is -0.451 e. The molecule has 0 unspecified atom stereocenters. The minimum absolute atomic E-state index is 0.596. The molecule has 244 valence electrons. The monoisotopic (exact) mass is 657 g/mol. The lowest BCUT2D eigenvalue weighted by Crippen LogP contribution is -1.97. The first-order valence-corrected chi connectivity index (χ1v) is 17.0. The van der Waals surface area contributed by atoms with E-state index in [0.717, 1.165) is 77.9 Å². The number of hydrogen-bond acceptors (Lipinski definition) is 3. The molecule has 8 aromatic rings. The molecule has 0 amide bonds. The molecular weight excluding hydrogens is 623 g/mol. The summed E-state index contributed by atoms with van der Waals surface area (Å²) in [4.78, 5) is 10.1. The summed E-state index contributed by atoms with van der Waals surface area (Å²) in [7, 11) is 0. The fourth-order valence-corrected chi connectivity index (χ4v) is 6.88. The van der Waals surface area contributed by atoms with Gasteiger partial charge in [-0.3, -0.25) is 0 Å². The zero-order valence-electron chi connectivity index (χ0n) is 28.4. The second-order valence-corrected chi connectivity index (χ2v) is 12.3. The molecule has 5 aromatic carbocycles. The van der Waals surface area contributed by atoms with Crippen LogP contribution in [0.4, 0.5) is 0 Å². The molecule has 8 rings (SSSR count). The van der Waals surface area contributed by atoms with E-state index in [1.807, 2.05) is 73.7 Å². The minimum atomic E-state index is 0.596. The predicted octanol–water partition coefficient (Wildman–Crippen LogP) is 12.8. The van der Waals surface area contributed by atoms with Crippen LogP contribution in [0.5, 0.6) is 0 Å². The molecule has 0 bridgehead atoms. The molecule has 0 aliphatic rings. The van der Waals surface area contributed by atoms with Crippen molar-refractivity contribution in [2.45, 2.75) is 6.92 Å². The van der Waals surface area contributed by atoms with E-state index in [-0.39, 0.29) is 0 Å². The molecule has 51 heavy (non-hydrogen) atoms. The molecule has 0 atom stereocenters. The van der Waals surface area contributed by atoms with Gasteiger partial charge < -0.3 is 8.98 Å². The van der Waals surface area contributed by atoms with Gasteiger partial charge in [0, 0.05) is 38.7 Å². The van der Waals surface area contributed by atoms with Crippen molar-refractivity contribution in [2.75, 3.05) is 0 Å². The van der Waals surface area contributed by atoms with Crippen LogP contribution >= 0.6 is 0 Å². The van der Waals surface area contributed by atoms with Crippen LogP contribution in [0, 0.1) is 0 Å². The number of allylic oxidation sites excluding steroid dienone is 5. The zero-order valence-corrected chi connectivity index (χ0v) is 28.4. The predicted molar refractivity (Wildman–Crippen MR) is 216 cm³/mol. The summed E-state index contributed by atoms with van der Waals surface area (Å²) in [5.74, 6) is 0.596. The molecule has 0 spiro atoms. The van der Waals surface area contributed by atoms with Crippen LogP contribution in [-0.2, 0) is 0 Å². The smallest absolute Gasteiger partial charge is 0.180 e. The third-order valence-corrected chi connectivity index (χ3v) is 9.32. The van der Waals surface area contributed by atoms with Gasteiger partial charge >= 0.3 is 0 Å². The first-order chi connectivity index (χ1) is 25.1. The summed E-state index contributed by atoms with van der Waals surface area (Å²) in [5.41, 5.74) is 13.3. The average Bonchev–Trinajstić information content (AvgIpc) is 3.73. The number of aromatic nitrogens is 3. The van der Waals surface area contributed by atoms with E-state index >= 15 is 0 Å². The Morgan fingerprint density at radius 2 is 1.39 bits per heavy atom. The number of furan rings is 1. The molecule has 0 fully saturated rings. The van der Waals surface area contributed by atoms with Crippen LogP contribution in [0.15, 0.2) is 170 Å². The summed E-state index contributed by atoms with van der Waals surface area (Å²) < 4.78 is 8.99. The normalized spacial score (nSPS) is 11.9. The SMILES string of the molecule is C=C/C(=C\C=C/C)c1nc(-c2ccccc2)c2oc3c(-c4ccc(-n5c(C=C)c(C=C)c6cc(-c7ccccc7)ccc65)cc4)cccc3c2n1. The van der Waals surface area contributed by atoms with Crippen molar-refractivity contribution in [1.82, 2.24) is 14.5 Å². The third-order valence-electron chi connectivity index (χ3n) is 9.32. The molecule has 0 aliphatic heterocycles. The molecule has 0 N–H and O–H groups in total. The fraction of sp³-hybridized carbons (Fsp3) is 0.0213. The summed E-state index contributed by atoms with van der Waals surface area (Å²) in [6, 6.07) is 42.0. The first-order valence-electron chi connectivity index (χ1n) is 17.0. The van der Waals surface area contributed by atoms with Gasteiger partial charge in [0.05, 0.1) is 11.2 Å². The first kappa shape index (κ1) is 31.5. The van der Waals surface area contributed by atoms with Crippen molar-refractivity contribution < 1.29 is 4.42 Å². The van der Waals surface area contributed by atoms with Crippen LogP contribution in [0.25, 0.3) is 89.9 Å². The maximum absolute atomic E-state index is 6.73. The number of para-hydroxylation sites is 1. The highest BCUT2D eigenvalue weighted by Gasteiger charge is 2.21. The Kier molecular flexibility index (Phi) is 8.19. The molecule has 4 nitrogen and oxygen atoms in total.